The highest BCUT2D eigenvalue weighted by Gasteiger charge is 2.19. The van der Waals surface area contributed by atoms with E-state index in [4.69, 9.17) is 0 Å². The Morgan fingerprint density at radius 2 is 1.80 bits per heavy atom. The largest absolute Gasteiger partial charge is 0.369 e. The van der Waals surface area contributed by atoms with Crippen molar-refractivity contribution in [1.82, 2.24) is 14.7 Å². The quantitative estimate of drug-likeness (QED) is 0.742. The molecule has 1 aromatic carbocycles. The van der Waals surface area contributed by atoms with Gasteiger partial charge in [0.25, 0.3) is 0 Å². The maximum atomic E-state index is 12.2. The van der Waals surface area contributed by atoms with E-state index in [1.54, 1.807) is 30.5 Å². The molecule has 3 rings (SSSR count). The molecule has 0 saturated heterocycles. The molecule has 1 heterocycles. The molecule has 25 heavy (non-hydrogen) atoms. The summed E-state index contributed by atoms with van der Waals surface area (Å²) in [5.74, 6) is 2.09. The lowest BCUT2D eigenvalue weighted by Crippen LogP contribution is -2.29. The van der Waals surface area contributed by atoms with Gasteiger partial charge >= 0.3 is 0 Å². The number of benzene rings is 1. The Morgan fingerprint density at radius 3 is 2.52 bits per heavy atom. The molecule has 1 aliphatic carbocycles. The molecule has 2 N–H and O–H groups in total. The van der Waals surface area contributed by atoms with E-state index in [1.165, 1.54) is 12.8 Å². The molecule has 0 amide bonds. The highest BCUT2D eigenvalue weighted by atomic mass is 32.2. The lowest BCUT2D eigenvalue weighted by atomic mass is 10.1. The third-order valence-electron chi connectivity index (χ3n) is 4.45. The molecule has 7 heteroatoms. The summed E-state index contributed by atoms with van der Waals surface area (Å²) in [6.45, 7) is 2.68. The zero-order valence-electron chi connectivity index (χ0n) is 14.4. The molecule has 0 unspecified atom stereocenters. The zero-order valence-corrected chi connectivity index (χ0v) is 15.2. The number of hydrogen-bond donors (Lipinski definition) is 2. The number of nitrogens with zero attached hydrogens (tertiary/aromatic N) is 2. The number of nitrogens with one attached hydrogen (secondary N) is 2. The standard InChI is InChI=1S/C18H24N4O2S/c1-14-6-8-16(9-7-14)25(23,24)21-13-12-19-17-10-11-20-18(22-17)15-4-2-3-5-15/h6-11,15,21H,2-5,12-13H2,1H3,(H,19,20,22). The Kier molecular flexibility index (Phi) is 5.65. The first-order valence-electron chi connectivity index (χ1n) is 8.68. The molecule has 0 aliphatic heterocycles. The SMILES string of the molecule is Cc1ccc(S(=O)(=O)NCCNc2ccnc(C3CCCC3)n2)cc1. The van der Waals surface area contributed by atoms with Crippen molar-refractivity contribution in [3.05, 3.63) is 47.9 Å². The van der Waals surface area contributed by atoms with Gasteiger partial charge in [-0.05, 0) is 38.0 Å². The normalized spacial score (nSPS) is 15.4. The second-order valence-electron chi connectivity index (χ2n) is 6.42. The van der Waals surface area contributed by atoms with E-state index in [2.05, 4.69) is 20.0 Å². The van der Waals surface area contributed by atoms with Gasteiger partial charge in [0.2, 0.25) is 10.0 Å². The fourth-order valence-electron chi connectivity index (χ4n) is 3.03. The van der Waals surface area contributed by atoms with Crippen molar-refractivity contribution in [2.45, 2.75) is 43.4 Å². The van der Waals surface area contributed by atoms with Crippen LogP contribution in [0.1, 0.15) is 43.0 Å². The third kappa shape index (κ3) is 4.76. The molecular formula is C18H24N4O2S. The Bertz CT molecular complexity index is 800. The number of rotatable bonds is 7. The van der Waals surface area contributed by atoms with Crippen molar-refractivity contribution < 1.29 is 8.42 Å². The van der Waals surface area contributed by atoms with Crippen molar-refractivity contribution in [1.29, 1.82) is 0 Å². The van der Waals surface area contributed by atoms with E-state index < -0.39 is 10.0 Å². The van der Waals surface area contributed by atoms with Gasteiger partial charge in [-0.1, -0.05) is 30.5 Å². The average molecular weight is 360 g/mol. The van der Waals surface area contributed by atoms with Crippen molar-refractivity contribution >= 4 is 15.8 Å². The van der Waals surface area contributed by atoms with Gasteiger partial charge in [0.1, 0.15) is 11.6 Å². The average Bonchev–Trinajstić information content (AvgIpc) is 3.14. The molecule has 1 aliphatic rings. The molecule has 6 nitrogen and oxygen atoms in total. The molecule has 134 valence electrons. The second kappa shape index (κ2) is 7.93. The number of sulfonamides is 1. The second-order valence-corrected chi connectivity index (χ2v) is 8.19. The summed E-state index contributed by atoms with van der Waals surface area (Å²) in [5, 5.41) is 3.16. The number of anilines is 1. The number of aryl methyl sites for hydroxylation is 1. The van der Waals surface area contributed by atoms with Crippen LogP contribution in [0.25, 0.3) is 0 Å². The van der Waals surface area contributed by atoms with Crippen LogP contribution in [0.4, 0.5) is 5.82 Å². The molecule has 0 atom stereocenters. The van der Waals surface area contributed by atoms with Gasteiger partial charge in [-0.15, -0.1) is 0 Å². The molecule has 0 bridgehead atoms. The monoisotopic (exact) mass is 360 g/mol. The lowest BCUT2D eigenvalue weighted by molar-refractivity contribution is 0.583. The van der Waals surface area contributed by atoms with Crippen molar-refractivity contribution in [3.8, 4) is 0 Å². The van der Waals surface area contributed by atoms with Gasteiger partial charge in [0.15, 0.2) is 0 Å². The number of aromatic nitrogens is 2. The van der Waals surface area contributed by atoms with Gasteiger partial charge in [-0.25, -0.2) is 23.1 Å². The Labute approximate surface area is 149 Å². The van der Waals surface area contributed by atoms with Crippen LogP contribution in [0.5, 0.6) is 0 Å². The Hall–Kier alpha value is -1.99. The first kappa shape index (κ1) is 17.8. The maximum absolute atomic E-state index is 12.2. The highest BCUT2D eigenvalue weighted by molar-refractivity contribution is 7.89. The minimum Gasteiger partial charge on any atom is -0.369 e. The highest BCUT2D eigenvalue weighted by Crippen LogP contribution is 2.32. The van der Waals surface area contributed by atoms with E-state index in [0.717, 1.165) is 30.0 Å². The molecule has 1 saturated carbocycles. The van der Waals surface area contributed by atoms with E-state index in [0.29, 0.717) is 19.0 Å². The van der Waals surface area contributed by atoms with E-state index in [9.17, 15) is 8.42 Å². The Morgan fingerprint density at radius 1 is 1.08 bits per heavy atom. The smallest absolute Gasteiger partial charge is 0.240 e. The van der Waals surface area contributed by atoms with Crippen LogP contribution in [-0.4, -0.2) is 31.5 Å². The van der Waals surface area contributed by atoms with Crippen molar-refractivity contribution in [2.75, 3.05) is 18.4 Å². The third-order valence-corrected chi connectivity index (χ3v) is 5.93. The first-order chi connectivity index (χ1) is 12.0. The van der Waals surface area contributed by atoms with Crippen LogP contribution in [0.2, 0.25) is 0 Å². The molecule has 0 spiro atoms. The van der Waals surface area contributed by atoms with Gasteiger partial charge < -0.3 is 5.32 Å². The van der Waals surface area contributed by atoms with Gasteiger partial charge in [-0.3, -0.25) is 0 Å². The minimum atomic E-state index is -3.48. The van der Waals surface area contributed by atoms with Crippen LogP contribution in [0.3, 0.4) is 0 Å². The molecule has 0 radical (unpaired) electrons. The maximum Gasteiger partial charge on any atom is 0.240 e. The van der Waals surface area contributed by atoms with Crippen LogP contribution >= 0.6 is 0 Å². The van der Waals surface area contributed by atoms with Crippen LogP contribution in [-0.2, 0) is 10.0 Å². The summed E-state index contributed by atoms with van der Waals surface area (Å²) < 4.78 is 27.0. The molecule has 1 aromatic heterocycles. The van der Waals surface area contributed by atoms with Crippen LogP contribution < -0.4 is 10.0 Å². The fraction of sp³-hybridized carbons (Fsp3) is 0.444. The summed E-state index contributed by atoms with van der Waals surface area (Å²) in [7, 11) is -3.48. The van der Waals surface area contributed by atoms with E-state index in [-0.39, 0.29) is 4.90 Å². The Balaban J connectivity index is 1.51. The summed E-state index contributed by atoms with van der Waals surface area (Å²) in [6.07, 6.45) is 6.55. The summed E-state index contributed by atoms with van der Waals surface area (Å²) in [4.78, 5) is 9.21. The van der Waals surface area contributed by atoms with Gasteiger partial charge in [-0.2, -0.15) is 0 Å². The predicted octanol–water partition coefficient (Wildman–Crippen LogP) is 2.83. The van der Waals surface area contributed by atoms with Gasteiger partial charge in [0.05, 0.1) is 4.90 Å². The molecular weight excluding hydrogens is 336 g/mol. The van der Waals surface area contributed by atoms with Crippen LogP contribution in [0, 0.1) is 6.92 Å². The summed E-state index contributed by atoms with van der Waals surface area (Å²) >= 11 is 0. The summed E-state index contributed by atoms with van der Waals surface area (Å²) in [5.41, 5.74) is 1.03. The molecule has 2 aromatic rings. The first-order valence-corrected chi connectivity index (χ1v) is 10.2. The van der Waals surface area contributed by atoms with E-state index in [1.807, 2.05) is 13.0 Å². The number of hydrogen-bond acceptors (Lipinski definition) is 5. The van der Waals surface area contributed by atoms with Crippen molar-refractivity contribution in [2.24, 2.45) is 0 Å². The van der Waals surface area contributed by atoms with E-state index >= 15 is 0 Å². The zero-order chi connectivity index (χ0) is 17.7. The fourth-order valence-corrected chi connectivity index (χ4v) is 4.06. The predicted molar refractivity (Wildman–Crippen MR) is 98.1 cm³/mol. The van der Waals surface area contributed by atoms with Crippen molar-refractivity contribution in [3.63, 3.8) is 0 Å². The topological polar surface area (TPSA) is 84.0 Å². The van der Waals surface area contributed by atoms with Gasteiger partial charge in [0, 0.05) is 25.2 Å². The molecule has 1 fully saturated rings. The summed E-state index contributed by atoms with van der Waals surface area (Å²) in [6, 6.07) is 8.62. The lowest BCUT2D eigenvalue weighted by Gasteiger charge is -2.11. The van der Waals surface area contributed by atoms with Crippen LogP contribution in [0.15, 0.2) is 41.4 Å². The minimum absolute atomic E-state index is 0.281.